The van der Waals surface area contributed by atoms with E-state index in [0.29, 0.717) is 35.0 Å². The summed E-state index contributed by atoms with van der Waals surface area (Å²) in [7, 11) is -3.37. The van der Waals surface area contributed by atoms with Gasteiger partial charge in [-0.1, -0.05) is 6.07 Å². The Labute approximate surface area is 173 Å². The summed E-state index contributed by atoms with van der Waals surface area (Å²) < 4.78 is 36.5. The average molecular weight is 433 g/mol. The van der Waals surface area contributed by atoms with Crippen molar-refractivity contribution in [3.05, 3.63) is 58.3 Å². The lowest BCUT2D eigenvalue weighted by atomic mass is 10.1. The van der Waals surface area contributed by atoms with Crippen LogP contribution in [-0.2, 0) is 27.8 Å². The van der Waals surface area contributed by atoms with Crippen LogP contribution in [0.15, 0.2) is 40.1 Å². The van der Waals surface area contributed by atoms with Crippen LogP contribution in [0.3, 0.4) is 0 Å². The number of sulfonamides is 1. The first kappa shape index (κ1) is 19.7. The molecule has 29 heavy (non-hydrogen) atoms. The molecule has 0 amide bonds. The van der Waals surface area contributed by atoms with Gasteiger partial charge in [-0.2, -0.15) is 0 Å². The summed E-state index contributed by atoms with van der Waals surface area (Å²) in [5.41, 5.74) is 2.38. The van der Waals surface area contributed by atoms with Gasteiger partial charge in [-0.25, -0.2) is 18.2 Å². The molecule has 3 aromatic rings. The van der Waals surface area contributed by atoms with Gasteiger partial charge in [-0.3, -0.25) is 4.31 Å². The number of oxazole rings is 1. The first-order valence-electron chi connectivity index (χ1n) is 9.03. The SMILES string of the molecule is Cc1oc(-c2cccs2)nc1COC(=O)c1ccc2c(c1)CC(C)N2S(C)(=O)=O. The van der Waals surface area contributed by atoms with Gasteiger partial charge in [0.1, 0.15) is 18.1 Å². The van der Waals surface area contributed by atoms with E-state index in [1.165, 1.54) is 21.9 Å². The summed E-state index contributed by atoms with van der Waals surface area (Å²) in [5.74, 6) is 0.627. The molecule has 2 aromatic heterocycles. The maximum absolute atomic E-state index is 12.5. The van der Waals surface area contributed by atoms with Crippen LogP contribution in [-0.4, -0.2) is 31.7 Å². The van der Waals surface area contributed by atoms with Gasteiger partial charge in [0.05, 0.1) is 22.4 Å². The van der Waals surface area contributed by atoms with Crippen molar-refractivity contribution >= 4 is 33.0 Å². The molecule has 9 heteroatoms. The predicted octanol–water partition coefficient (Wildman–Crippen LogP) is 3.78. The Hall–Kier alpha value is -2.65. The van der Waals surface area contributed by atoms with E-state index in [4.69, 9.17) is 9.15 Å². The van der Waals surface area contributed by atoms with E-state index in [9.17, 15) is 13.2 Å². The number of fused-ring (bicyclic) bond motifs is 1. The molecule has 0 saturated heterocycles. The molecular weight excluding hydrogens is 412 g/mol. The Kier molecular flexibility index (Phi) is 4.95. The van der Waals surface area contributed by atoms with Crippen LogP contribution >= 0.6 is 11.3 Å². The normalized spacial score (nSPS) is 16.1. The molecule has 1 aliphatic heterocycles. The highest BCUT2D eigenvalue weighted by Crippen LogP contribution is 2.35. The number of benzene rings is 1. The number of ether oxygens (including phenoxy) is 1. The van der Waals surface area contributed by atoms with E-state index in [-0.39, 0.29) is 12.6 Å². The molecule has 0 bridgehead atoms. The summed E-state index contributed by atoms with van der Waals surface area (Å²) in [6, 6.07) is 8.60. The molecule has 0 fully saturated rings. The molecule has 0 aliphatic carbocycles. The smallest absolute Gasteiger partial charge is 0.338 e. The summed E-state index contributed by atoms with van der Waals surface area (Å²) in [6.45, 7) is 3.63. The molecule has 1 atom stereocenters. The van der Waals surface area contributed by atoms with Crippen LogP contribution in [0.1, 0.15) is 34.3 Å². The van der Waals surface area contributed by atoms with E-state index in [1.807, 2.05) is 24.4 Å². The van der Waals surface area contributed by atoms with Crippen LogP contribution in [0.4, 0.5) is 5.69 Å². The lowest BCUT2D eigenvalue weighted by Gasteiger charge is -2.21. The van der Waals surface area contributed by atoms with Gasteiger partial charge in [0.2, 0.25) is 15.9 Å². The summed E-state index contributed by atoms with van der Waals surface area (Å²) in [5, 5.41) is 1.94. The minimum atomic E-state index is -3.37. The number of thiophene rings is 1. The minimum Gasteiger partial charge on any atom is -0.455 e. The number of carbonyl (C=O) groups is 1. The number of aryl methyl sites for hydroxylation is 1. The van der Waals surface area contributed by atoms with Crippen molar-refractivity contribution in [2.75, 3.05) is 10.6 Å². The molecule has 1 aromatic carbocycles. The first-order valence-corrected chi connectivity index (χ1v) is 11.8. The van der Waals surface area contributed by atoms with Crippen molar-refractivity contribution in [2.45, 2.75) is 32.9 Å². The Balaban J connectivity index is 1.49. The van der Waals surface area contributed by atoms with E-state index in [1.54, 1.807) is 25.1 Å². The Morgan fingerprint density at radius 2 is 2.17 bits per heavy atom. The van der Waals surface area contributed by atoms with Crippen molar-refractivity contribution in [3.8, 4) is 10.8 Å². The number of hydrogen-bond acceptors (Lipinski definition) is 7. The number of nitrogens with zero attached hydrogens (tertiary/aromatic N) is 2. The monoisotopic (exact) mass is 432 g/mol. The van der Waals surface area contributed by atoms with Crippen molar-refractivity contribution in [2.24, 2.45) is 0 Å². The summed E-state index contributed by atoms with van der Waals surface area (Å²) in [6.07, 6.45) is 1.74. The van der Waals surface area contributed by atoms with Crippen molar-refractivity contribution < 1.29 is 22.4 Å². The van der Waals surface area contributed by atoms with E-state index in [0.717, 1.165) is 10.4 Å². The van der Waals surface area contributed by atoms with Gasteiger partial charge in [0.25, 0.3) is 0 Å². The highest BCUT2D eigenvalue weighted by Gasteiger charge is 2.33. The van der Waals surface area contributed by atoms with Crippen LogP contribution < -0.4 is 4.31 Å². The molecule has 0 N–H and O–H groups in total. The second-order valence-corrected chi connectivity index (χ2v) is 9.84. The topological polar surface area (TPSA) is 89.7 Å². The number of hydrogen-bond donors (Lipinski definition) is 0. The van der Waals surface area contributed by atoms with Gasteiger partial charge in [-0.05, 0) is 55.5 Å². The maximum atomic E-state index is 12.5. The highest BCUT2D eigenvalue weighted by atomic mass is 32.2. The Morgan fingerprint density at radius 1 is 1.38 bits per heavy atom. The Morgan fingerprint density at radius 3 is 2.86 bits per heavy atom. The zero-order chi connectivity index (χ0) is 20.8. The Bertz CT molecular complexity index is 1170. The lowest BCUT2D eigenvalue weighted by Crippen LogP contribution is -2.34. The standard InChI is InChI=1S/C20H20N2O5S2/c1-12-9-15-10-14(6-7-17(15)22(12)29(3,24)25)20(23)26-11-16-13(2)27-19(21-16)18-5-4-8-28-18/h4-8,10,12H,9,11H2,1-3H3. The highest BCUT2D eigenvalue weighted by molar-refractivity contribution is 7.92. The predicted molar refractivity (Wildman–Crippen MR) is 111 cm³/mol. The third-order valence-corrected chi connectivity index (χ3v) is 6.92. The van der Waals surface area contributed by atoms with Crippen LogP contribution in [0.2, 0.25) is 0 Å². The molecule has 0 spiro atoms. The average Bonchev–Trinajstić information content (AvgIpc) is 3.35. The zero-order valence-corrected chi connectivity index (χ0v) is 17.8. The van der Waals surface area contributed by atoms with Gasteiger partial charge in [0.15, 0.2) is 0 Å². The van der Waals surface area contributed by atoms with Crippen LogP contribution in [0, 0.1) is 6.92 Å². The third-order valence-electron chi connectivity index (χ3n) is 4.79. The minimum absolute atomic E-state index is 0.00247. The van der Waals surface area contributed by atoms with E-state index in [2.05, 4.69) is 4.98 Å². The van der Waals surface area contributed by atoms with Crippen molar-refractivity contribution in [1.29, 1.82) is 0 Å². The molecular formula is C20H20N2O5S2. The molecule has 7 nitrogen and oxygen atoms in total. The zero-order valence-electron chi connectivity index (χ0n) is 16.2. The van der Waals surface area contributed by atoms with E-state index >= 15 is 0 Å². The molecule has 1 unspecified atom stereocenters. The second kappa shape index (κ2) is 7.31. The largest absolute Gasteiger partial charge is 0.455 e. The van der Waals surface area contributed by atoms with Crippen molar-refractivity contribution in [3.63, 3.8) is 0 Å². The molecule has 3 heterocycles. The molecule has 0 saturated carbocycles. The fourth-order valence-electron chi connectivity index (χ4n) is 3.52. The van der Waals surface area contributed by atoms with Gasteiger partial charge < -0.3 is 9.15 Å². The number of carbonyl (C=O) groups excluding carboxylic acids is 1. The quantitative estimate of drug-likeness (QED) is 0.570. The molecule has 0 radical (unpaired) electrons. The number of aromatic nitrogens is 1. The second-order valence-electron chi connectivity index (χ2n) is 7.03. The summed E-state index contributed by atoms with van der Waals surface area (Å²) >= 11 is 1.52. The number of rotatable bonds is 5. The van der Waals surface area contributed by atoms with Crippen LogP contribution in [0.25, 0.3) is 10.8 Å². The fourth-order valence-corrected chi connectivity index (χ4v) is 5.43. The molecule has 152 valence electrons. The maximum Gasteiger partial charge on any atom is 0.338 e. The third kappa shape index (κ3) is 3.79. The molecule has 4 rings (SSSR count). The van der Waals surface area contributed by atoms with Crippen molar-refractivity contribution in [1.82, 2.24) is 4.98 Å². The number of anilines is 1. The molecule has 1 aliphatic rings. The van der Waals surface area contributed by atoms with Gasteiger partial charge in [0, 0.05) is 6.04 Å². The lowest BCUT2D eigenvalue weighted by molar-refractivity contribution is 0.0467. The van der Waals surface area contributed by atoms with E-state index < -0.39 is 16.0 Å². The van der Waals surface area contributed by atoms with Gasteiger partial charge in [-0.15, -0.1) is 11.3 Å². The van der Waals surface area contributed by atoms with Gasteiger partial charge >= 0.3 is 5.97 Å². The summed E-state index contributed by atoms with van der Waals surface area (Å²) in [4.78, 5) is 17.8. The fraction of sp³-hybridized carbons (Fsp3) is 0.300. The first-order chi connectivity index (χ1) is 13.7. The number of esters is 1. The van der Waals surface area contributed by atoms with Crippen LogP contribution in [0.5, 0.6) is 0 Å².